The van der Waals surface area contributed by atoms with Crippen LogP contribution in [0.1, 0.15) is 27.9 Å². The molecule has 0 aliphatic rings. The Morgan fingerprint density at radius 2 is 1.94 bits per heavy atom. The van der Waals surface area contributed by atoms with Crippen LogP contribution in [0.15, 0.2) is 29.6 Å². The van der Waals surface area contributed by atoms with Gasteiger partial charge in [0.15, 0.2) is 0 Å². The highest BCUT2D eigenvalue weighted by Crippen LogP contribution is 2.22. The van der Waals surface area contributed by atoms with Crippen molar-refractivity contribution in [3.8, 4) is 0 Å². The maximum atomic E-state index is 5.60. The number of aryl methyl sites for hydroxylation is 2. The largest absolute Gasteiger partial charge is 0.271 e. The predicted molar refractivity (Wildman–Crippen MR) is 67.2 cm³/mol. The average Bonchev–Trinajstić information content (AvgIpc) is 2.69. The van der Waals surface area contributed by atoms with Crippen LogP contribution in [0.3, 0.4) is 0 Å². The van der Waals surface area contributed by atoms with Crippen molar-refractivity contribution in [2.75, 3.05) is 0 Å². The minimum Gasteiger partial charge on any atom is -0.271 e. The molecule has 0 aliphatic heterocycles. The number of nitrogens with zero attached hydrogens (tertiary/aromatic N) is 1. The van der Waals surface area contributed by atoms with Crippen LogP contribution in [0.5, 0.6) is 0 Å². The van der Waals surface area contributed by atoms with E-state index in [0.717, 1.165) is 16.3 Å². The standard InChI is InChI=1S/C12H15N3S/c1-8-3-5-10(6-4-8)12(15-13)11-7-16-9(2)14-11/h3-7,12,15H,13H2,1-2H3. The van der Waals surface area contributed by atoms with E-state index in [2.05, 4.69) is 41.6 Å². The van der Waals surface area contributed by atoms with Crippen molar-refractivity contribution >= 4 is 11.3 Å². The molecule has 1 atom stereocenters. The van der Waals surface area contributed by atoms with Crippen molar-refractivity contribution in [1.29, 1.82) is 0 Å². The quantitative estimate of drug-likeness (QED) is 0.632. The highest BCUT2D eigenvalue weighted by Gasteiger charge is 2.14. The molecule has 1 aromatic carbocycles. The van der Waals surface area contributed by atoms with E-state index in [1.54, 1.807) is 11.3 Å². The molecule has 0 bridgehead atoms. The van der Waals surface area contributed by atoms with Gasteiger partial charge in [0, 0.05) is 5.38 Å². The zero-order valence-electron chi connectivity index (χ0n) is 9.40. The summed E-state index contributed by atoms with van der Waals surface area (Å²) in [4.78, 5) is 4.46. The third kappa shape index (κ3) is 2.29. The first-order valence-corrected chi connectivity index (χ1v) is 6.03. The Bertz CT molecular complexity index is 461. The van der Waals surface area contributed by atoms with Gasteiger partial charge in [-0.15, -0.1) is 11.3 Å². The second kappa shape index (κ2) is 4.74. The van der Waals surface area contributed by atoms with Crippen molar-refractivity contribution in [1.82, 2.24) is 10.4 Å². The van der Waals surface area contributed by atoms with Crippen molar-refractivity contribution in [3.05, 3.63) is 51.5 Å². The first kappa shape index (κ1) is 11.3. The van der Waals surface area contributed by atoms with Gasteiger partial charge in [-0.2, -0.15) is 0 Å². The number of hydrazine groups is 1. The normalized spacial score (nSPS) is 12.7. The van der Waals surface area contributed by atoms with E-state index in [1.165, 1.54) is 5.56 Å². The summed E-state index contributed by atoms with van der Waals surface area (Å²) in [7, 11) is 0. The van der Waals surface area contributed by atoms with Gasteiger partial charge < -0.3 is 0 Å². The van der Waals surface area contributed by atoms with Crippen LogP contribution >= 0.6 is 11.3 Å². The number of aromatic nitrogens is 1. The predicted octanol–water partition coefficient (Wildman–Crippen LogP) is 2.31. The van der Waals surface area contributed by atoms with Gasteiger partial charge in [-0.3, -0.25) is 5.84 Å². The van der Waals surface area contributed by atoms with Gasteiger partial charge >= 0.3 is 0 Å². The molecule has 1 aromatic heterocycles. The molecular formula is C12H15N3S. The van der Waals surface area contributed by atoms with Gasteiger partial charge in [-0.05, 0) is 19.4 Å². The Morgan fingerprint density at radius 1 is 1.25 bits per heavy atom. The highest BCUT2D eigenvalue weighted by atomic mass is 32.1. The summed E-state index contributed by atoms with van der Waals surface area (Å²) in [6, 6.07) is 8.30. The summed E-state index contributed by atoms with van der Waals surface area (Å²) in [5.74, 6) is 5.60. The molecule has 0 saturated carbocycles. The summed E-state index contributed by atoms with van der Waals surface area (Å²) < 4.78 is 0. The van der Waals surface area contributed by atoms with Crippen LogP contribution in [0.4, 0.5) is 0 Å². The summed E-state index contributed by atoms with van der Waals surface area (Å²) in [5, 5.41) is 3.10. The Kier molecular flexibility index (Phi) is 3.33. The monoisotopic (exact) mass is 233 g/mol. The lowest BCUT2D eigenvalue weighted by Crippen LogP contribution is -2.29. The first-order chi connectivity index (χ1) is 7.70. The van der Waals surface area contributed by atoms with E-state index in [4.69, 9.17) is 5.84 Å². The molecule has 3 N–H and O–H groups in total. The lowest BCUT2D eigenvalue weighted by molar-refractivity contribution is 0.623. The third-order valence-corrected chi connectivity index (χ3v) is 3.30. The fourth-order valence-corrected chi connectivity index (χ4v) is 2.26. The number of nitrogens with one attached hydrogen (secondary N) is 1. The van der Waals surface area contributed by atoms with Crippen LogP contribution < -0.4 is 11.3 Å². The van der Waals surface area contributed by atoms with E-state index < -0.39 is 0 Å². The summed E-state index contributed by atoms with van der Waals surface area (Å²) in [6.45, 7) is 4.07. The molecule has 16 heavy (non-hydrogen) atoms. The molecule has 4 heteroatoms. The van der Waals surface area contributed by atoms with Crippen molar-refractivity contribution in [3.63, 3.8) is 0 Å². The fraction of sp³-hybridized carbons (Fsp3) is 0.250. The van der Waals surface area contributed by atoms with E-state index in [-0.39, 0.29) is 6.04 Å². The number of benzene rings is 1. The molecule has 0 aliphatic carbocycles. The Morgan fingerprint density at radius 3 is 2.44 bits per heavy atom. The van der Waals surface area contributed by atoms with Crippen molar-refractivity contribution in [2.24, 2.45) is 5.84 Å². The van der Waals surface area contributed by atoms with Gasteiger partial charge in [-0.25, -0.2) is 10.4 Å². The average molecular weight is 233 g/mol. The number of hydrogen-bond acceptors (Lipinski definition) is 4. The summed E-state index contributed by atoms with van der Waals surface area (Å²) >= 11 is 1.64. The second-order valence-electron chi connectivity index (χ2n) is 3.80. The molecule has 0 spiro atoms. The van der Waals surface area contributed by atoms with Gasteiger partial charge in [0.2, 0.25) is 0 Å². The Hall–Kier alpha value is -1.23. The van der Waals surface area contributed by atoms with Crippen LogP contribution in [0.2, 0.25) is 0 Å². The molecule has 0 radical (unpaired) electrons. The molecule has 1 unspecified atom stereocenters. The lowest BCUT2D eigenvalue weighted by atomic mass is 10.0. The topological polar surface area (TPSA) is 50.9 Å². The molecule has 1 heterocycles. The van der Waals surface area contributed by atoms with Crippen LogP contribution in [-0.2, 0) is 0 Å². The van der Waals surface area contributed by atoms with Crippen LogP contribution in [0.25, 0.3) is 0 Å². The number of nitrogens with two attached hydrogens (primary N) is 1. The van der Waals surface area contributed by atoms with Gasteiger partial charge in [0.25, 0.3) is 0 Å². The van der Waals surface area contributed by atoms with Gasteiger partial charge in [0.1, 0.15) is 0 Å². The summed E-state index contributed by atoms with van der Waals surface area (Å²) in [5.41, 5.74) is 6.17. The zero-order chi connectivity index (χ0) is 11.5. The first-order valence-electron chi connectivity index (χ1n) is 5.15. The molecule has 0 amide bonds. The Labute approximate surface area is 99.3 Å². The maximum Gasteiger partial charge on any atom is 0.0898 e. The fourth-order valence-electron chi connectivity index (χ4n) is 1.62. The minimum atomic E-state index is -0.0226. The molecular weight excluding hydrogens is 218 g/mol. The lowest BCUT2D eigenvalue weighted by Gasteiger charge is -2.14. The van der Waals surface area contributed by atoms with E-state index in [9.17, 15) is 0 Å². The second-order valence-corrected chi connectivity index (χ2v) is 4.86. The highest BCUT2D eigenvalue weighted by molar-refractivity contribution is 7.09. The zero-order valence-corrected chi connectivity index (χ0v) is 10.2. The van der Waals surface area contributed by atoms with Gasteiger partial charge in [-0.1, -0.05) is 29.8 Å². The molecule has 2 rings (SSSR count). The summed E-state index contributed by atoms with van der Waals surface area (Å²) in [6.07, 6.45) is 0. The number of thiazole rings is 1. The molecule has 84 valence electrons. The van der Waals surface area contributed by atoms with Crippen molar-refractivity contribution in [2.45, 2.75) is 19.9 Å². The molecule has 0 fully saturated rings. The minimum absolute atomic E-state index is 0.0226. The van der Waals surface area contributed by atoms with E-state index in [0.29, 0.717) is 0 Å². The third-order valence-electron chi connectivity index (χ3n) is 2.51. The van der Waals surface area contributed by atoms with Crippen LogP contribution in [0, 0.1) is 13.8 Å². The maximum absolute atomic E-state index is 5.60. The van der Waals surface area contributed by atoms with Crippen molar-refractivity contribution < 1.29 is 0 Å². The van der Waals surface area contributed by atoms with E-state index >= 15 is 0 Å². The van der Waals surface area contributed by atoms with Gasteiger partial charge in [0.05, 0.1) is 16.7 Å². The van der Waals surface area contributed by atoms with E-state index in [1.807, 2.05) is 12.3 Å². The number of hydrogen-bond donors (Lipinski definition) is 2. The molecule has 2 aromatic rings. The molecule has 0 saturated heterocycles. The number of rotatable bonds is 3. The SMILES string of the molecule is Cc1ccc(C(NN)c2csc(C)n2)cc1. The van der Waals surface area contributed by atoms with Crippen LogP contribution in [-0.4, -0.2) is 4.98 Å². The Balaban J connectivity index is 2.32. The molecule has 3 nitrogen and oxygen atoms in total. The smallest absolute Gasteiger partial charge is 0.0898 e.